The van der Waals surface area contributed by atoms with E-state index in [0.29, 0.717) is 11.3 Å². The number of fused-ring (bicyclic) bond motifs is 1. The third-order valence-corrected chi connectivity index (χ3v) is 3.82. The van der Waals surface area contributed by atoms with E-state index in [1.165, 1.54) is 0 Å². The second-order valence-corrected chi connectivity index (χ2v) is 5.48. The van der Waals surface area contributed by atoms with Gasteiger partial charge in [-0.05, 0) is 36.3 Å². The Morgan fingerprint density at radius 1 is 1.35 bits per heavy atom. The van der Waals surface area contributed by atoms with E-state index in [1.54, 1.807) is 23.1 Å². The molecule has 0 radical (unpaired) electrons. The van der Waals surface area contributed by atoms with Gasteiger partial charge in [0.05, 0.1) is 5.39 Å². The molecule has 104 valence electrons. The van der Waals surface area contributed by atoms with Gasteiger partial charge in [0.25, 0.3) is 5.91 Å². The van der Waals surface area contributed by atoms with Crippen LogP contribution in [0, 0.1) is 5.92 Å². The molecule has 1 saturated heterocycles. The van der Waals surface area contributed by atoms with Crippen LogP contribution in [0.4, 0.5) is 0 Å². The normalized spacial score (nSPS) is 19.2. The van der Waals surface area contributed by atoms with Gasteiger partial charge in [0.1, 0.15) is 0 Å². The number of carbonyl (C=O) groups is 1. The van der Waals surface area contributed by atoms with Crippen LogP contribution in [-0.4, -0.2) is 23.9 Å². The summed E-state index contributed by atoms with van der Waals surface area (Å²) < 4.78 is 5.19. The van der Waals surface area contributed by atoms with Gasteiger partial charge in [0.15, 0.2) is 5.76 Å². The molecule has 1 aliphatic rings. The molecule has 1 fully saturated rings. The van der Waals surface area contributed by atoms with E-state index in [-0.39, 0.29) is 11.7 Å². The molecule has 3 rings (SSSR count). The lowest BCUT2D eigenvalue weighted by molar-refractivity contribution is 0.0646. The first-order valence-electron chi connectivity index (χ1n) is 6.97. The Bertz CT molecular complexity index is 704. The summed E-state index contributed by atoms with van der Waals surface area (Å²) in [5, 5.41) is 1.26. The van der Waals surface area contributed by atoms with Crippen LogP contribution in [0.5, 0.6) is 0 Å². The van der Waals surface area contributed by atoms with Crippen LogP contribution in [0.2, 0.25) is 0 Å². The summed E-state index contributed by atoms with van der Waals surface area (Å²) in [5.74, 6) is 0.460. The first kappa shape index (κ1) is 12.9. The summed E-state index contributed by atoms with van der Waals surface area (Å²) in [6.45, 7) is 3.60. The topological polar surface area (TPSA) is 50.5 Å². The minimum atomic E-state index is -0.448. The van der Waals surface area contributed by atoms with Crippen molar-refractivity contribution < 1.29 is 9.21 Å². The first-order valence-corrected chi connectivity index (χ1v) is 6.97. The molecule has 2 aromatic rings. The highest BCUT2D eigenvalue weighted by Crippen LogP contribution is 2.19. The fourth-order valence-corrected chi connectivity index (χ4v) is 2.77. The molecule has 0 unspecified atom stereocenters. The molecule has 1 aromatic carbocycles. The van der Waals surface area contributed by atoms with Crippen molar-refractivity contribution in [2.24, 2.45) is 5.92 Å². The quantitative estimate of drug-likeness (QED) is 0.801. The summed E-state index contributed by atoms with van der Waals surface area (Å²) in [4.78, 5) is 26.1. The molecule has 20 heavy (non-hydrogen) atoms. The fourth-order valence-electron chi connectivity index (χ4n) is 2.77. The molecule has 0 bridgehead atoms. The highest BCUT2D eigenvalue weighted by molar-refractivity contribution is 5.95. The Hall–Kier alpha value is -2.10. The van der Waals surface area contributed by atoms with E-state index < -0.39 is 5.63 Å². The van der Waals surface area contributed by atoms with Crippen molar-refractivity contribution in [1.82, 2.24) is 4.90 Å². The number of benzene rings is 1. The van der Waals surface area contributed by atoms with Crippen molar-refractivity contribution in [1.29, 1.82) is 0 Å². The van der Waals surface area contributed by atoms with Crippen molar-refractivity contribution in [3.8, 4) is 0 Å². The van der Waals surface area contributed by atoms with Crippen LogP contribution in [-0.2, 0) is 0 Å². The highest BCUT2D eigenvalue weighted by atomic mass is 16.4. The molecule has 0 aliphatic carbocycles. The van der Waals surface area contributed by atoms with E-state index >= 15 is 0 Å². The average molecular weight is 271 g/mol. The summed E-state index contributed by atoms with van der Waals surface area (Å²) in [6, 6.07) is 8.82. The lowest BCUT2D eigenvalue weighted by Gasteiger charge is -2.30. The molecule has 1 atom stereocenters. The smallest absolute Gasteiger partial charge is 0.344 e. The van der Waals surface area contributed by atoms with Crippen LogP contribution in [0.25, 0.3) is 10.8 Å². The Morgan fingerprint density at radius 3 is 2.95 bits per heavy atom. The maximum absolute atomic E-state index is 12.4. The van der Waals surface area contributed by atoms with Crippen LogP contribution >= 0.6 is 0 Å². The SMILES string of the molecule is C[C@H]1CCCN(C(=O)c2cc3ccccc3c(=O)o2)C1. The van der Waals surface area contributed by atoms with Gasteiger partial charge in [-0.3, -0.25) is 4.79 Å². The maximum atomic E-state index is 12.4. The number of nitrogens with zero attached hydrogens (tertiary/aromatic N) is 1. The number of hydrogen-bond acceptors (Lipinski definition) is 3. The van der Waals surface area contributed by atoms with E-state index in [1.807, 2.05) is 12.1 Å². The number of rotatable bonds is 1. The van der Waals surface area contributed by atoms with Gasteiger partial charge in [-0.1, -0.05) is 25.1 Å². The maximum Gasteiger partial charge on any atom is 0.344 e. The number of carbonyl (C=O) groups excluding carboxylic acids is 1. The van der Waals surface area contributed by atoms with E-state index in [0.717, 1.165) is 31.3 Å². The van der Waals surface area contributed by atoms with E-state index in [4.69, 9.17) is 4.42 Å². The minimum Gasteiger partial charge on any atom is -0.417 e. The predicted molar refractivity (Wildman–Crippen MR) is 76.8 cm³/mol. The van der Waals surface area contributed by atoms with Crippen LogP contribution in [0.15, 0.2) is 39.5 Å². The van der Waals surface area contributed by atoms with Gasteiger partial charge in [-0.2, -0.15) is 0 Å². The van der Waals surface area contributed by atoms with Crippen LogP contribution in [0.1, 0.15) is 30.3 Å². The number of piperidine rings is 1. The molecule has 4 heteroatoms. The average Bonchev–Trinajstić information content (AvgIpc) is 2.46. The van der Waals surface area contributed by atoms with E-state index in [9.17, 15) is 9.59 Å². The lowest BCUT2D eigenvalue weighted by Crippen LogP contribution is -2.39. The van der Waals surface area contributed by atoms with Crippen LogP contribution in [0.3, 0.4) is 0 Å². The Balaban J connectivity index is 1.97. The molecule has 2 heterocycles. The summed E-state index contributed by atoms with van der Waals surface area (Å²) in [5.41, 5.74) is -0.448. The van der Waals surface area contributed by atoms with Gasteiger partial charge >= 0.3 is 5.63 Å². The lowest BCUT2D eigenvalue weighted by atomic mass is 10.00. The van der Waals surface area contributed by atoms with Gasteiger partial charge < -0.3 is 9.32 Å². The fraction of sp³-hybridized carbons (Fsp3) is 0.375. The van der Waals surface area contributed by atoms with E-state index in [2.05, 4.69) is 6.92 Å². The number of likely N-dealkylation sites (tertiary alicyclic amines) is 1. The molecule has 1 aromatic heterocycles. The van der Waals surface area contributed by atoms with Crippen molar-refractivity contribution in [2.45, 2.75) is 19.8 Å². The van der Waals surface area contributed by atoms with Gasteiger partial charge in [-0.25, -0.2) is 4.79 Å². The van der Waals surface area contributed by atoms with Gasteiger partial charge in [0.2, 0.25) is 0 Å². The second kappa shape index (κ2) is 5.12. The van der Waals surface area contributed by atoms with Gasteiger partial charge in [0, 0.05) is 13.1 Å². The molecule has 4 nitrogen and oxygen atoms in total. The summed E-state index contributed by atoms with van der Waals surface area (Å²) >= 11 is 0. The first-order chi connectivity index (χ1) is 9.65. The zero-order chi connectivity index (χ0) is 14.1. The Morgan fingerprint density at radius 2 is 2.15 bits per heavy atom. The molecule has 1 aliphatic heterocycles. The van der Waals surface area contributed by atoms with Crippen molar-refractivity contribution in [2.75, 3.05) is 13.1 Å². The third kappa shape index (κ3) is 2.33. The summed E-state index contributed by atoms with van der Waals surface area (Å²) in [6.07, 6.45) is 2.15. The standard InChI is InChI=1S/C16H17NO3/c1-11-5-4-8-17(10-11)15(18)14-9-12-6-2-3-7-13(12)16(19)20-14/h2-3,6-7,9,11H,4-5,8,10H2,1H3/t11-/m0/s1. The largest absolute Gasteiger partial charge is 0.417 e. The monoisotopic (exact) mass is 271 g/mol. The zero-order valence-corrected chi connectivity index (χ0v) is 11.5. The van der Waals surface area contributed by atoms with Crippen molar-refractivity contribution in [3.05, 3.63) is 46.5 Å². The number of hydrogen-bond donors (Lipinski definition) is 0. The molecule has 0 spiro atoms. The molecular formula is C16H17NO3. The minimum absolute atomic E-state index is 0.141. The predicted octanol–water partition coefficient (Wildman–Crippen LogP) is 2.67. The van der Waals surface area contributed by atoms with Gasteiger partial charge in [-0.15, -0.1) is 0 Å². The highest BCUT2D eigenvalue weighted by Gasteiger charge is 2.24. The number of amides is 1. The molecule has 0 saturated carbocycles. The Kier molecular flexibility index (Phi) is 3.30. The van der Waals surface area contributed by atoms with Crippen molar-refractivity contribution >= 4 is 16.7 Å². The second-order valence-electron chi connectivity index (χ2n) is 5.48. The van der Waals surface area contributed by atoms with Crippen molar-refractivity contribution in [3.63, 3.8) is 0 Å². The molecule has 0 N–H and O–H groups in total. The zero-order valence-electron chi connectivity index (χ0n) is 11.5. The summed E-state index contributed by atoms with van der Waals surface area (Å²) in [7, 11) is 0. The van der Waals surface area contributed by atoms with Crippen LogP contribution < -0.4 is 5.63 Å². The Labute approximate surface area is 117 Å². The third-order valence-electron chi connectivity index (χ3n) is 3.82. The molecule has 1 amide bonds. The molecular weight excluding hydrogens is 254 g/mol.